The molecule has 1 aromatic carbocycles. The topological polar surface area (TPSA) is 52.7 Å². The average Bonchev–Trinajstić information content (AvgIpc) is 2.65. The van der Waals surface area contributed by atoms with Crippen molar-refractivity contribution in [3.63, 3.8) is 0 Å². The number of amides is 2. The van der Waals surface area contributed by atoms with Crippen LogP contribution in [0.1, 0.15) is 25.7 Å². The molecule has 1 saturated heterocycles. The van der Waals surface area contributed by atoms with E-state index in [4.69, 9.17) is 0 Å². The Morgan fingerprint density at radius 2 is 1.58 bits per heavy atom. The van der Waals surface area contributed by atoms with Crippen molar-refractivity contribution in [3.8, 4) is 0 Å². The van der Waals surface area contributed by atoms with Crippen LogP contribution in [0.4, 0.5) is 14.5 Å². The van der Waals surface area contributed by atoms with Gasteiger partial charge in [-0.2, -0.15) is 0 Å². The minimum atomic E-state index is -0.982. The second-order valence-corrected chi connectivity index (χ2v) is 7.30. The summed E-state index contributed by atoms with van der Waals surface area (Å²) < 4.78 is 26.2. The fraction of sp³-hybridized carbons (Fsp3) is 0.579. The normalized spacial score (nSPS) is 24.3. The largest absolute Gasteiger partial charge is 0.340 e. The highest BCUT2D eigenvalue weighted by atomic mass is 19.2. The first-order chi connectivity index (χ1) is 12.4. The minimum Gasteiger partial charge on any atom is -0.340 e. The number of likely N-dealkylation sites (N-methyl/N-ethyl adjacent to an activating group) is 1. The molecule has 3 rings (SSSR count). The number of anilines is 1. The van der Waals surface area contributed by atoms with E-state index in [-0.39, 0.29) is 29.3 Å². The molecule has 2 amide bonds. The van der Waals surface area contributed by atoms with E-state index in [1.165, 1.54) is 6.07 Å². The second-order valence-electron chi connectivity index (χ2n) is 7.30. The molecular weight excluding hydrogens is 340 g/mol. The van der Waals surface area contributed by atoms with Gasteiger partial charge in [-0.1, -0.05) is 0 Å². The molecule has 142 valence electrons. The molecule has 0 spiro atoms. The maximum Gasteiger partial charge on any atom is 0.227 e. The van der Waals surface area contributed by atoms with E-state index >= 15 is 0 Å². The third-order valence-electron chi connectivity index (χ3n) is 5.45. The van der Waals surface area contributed by atoms with Gasteiger partial charge in [0, 0.05) is 49.8 Å². The third-order valence-corrected chi connectivity index (χ3v) is 5.45. The predicted octanol–water partition coefficient (Wildman–Crippen LogP) is 2.48. The number of piperazine rings is 1. The number of benzene rings is 1. The van der Waals surface area contributed by atoms with Crippen LogP contribution in [-0.2, 0) is 9.59 Å². The Kier molecular flexibility index (Phi) is 5.86. The van der Waals surface area contributed by atoms with Crippen molar-refractivity contribution in [2.45, 2.75) is 25.7 Å². The lowest BCUT2D eigenvalue weighted by molar-refractivity contribution is -0.139. The summed E-state index contributed by atoms with van der Waals surface area (Å²) >= 11 is 0. The van der Waals surface area contributed by atoms with E-state index in [0.717, 1.165) is 38.3 Å². The number of halogens is 2. The van der Waals surface area contributed by atoms with Crippen LogP contribution in [0.15, 0.2) is 18.2 Å². The summed E-state index contributed by atoms with van der Waals surface area (Å²) in [6, 6.07) is 3.32. The van der Waals surface area contributed by atoms with Crippen LogP contribution in [-0.4, -0.2) is 54.8 Å². The summed E-state index contributed by atoms with van der Waals surface area (Å²) in [6.45, 7) is 3.34. The Balaban J connectivity index is 1.49. The molecule has 26 heavy (non-hydrogen) atoms. The SMILES string of the molecule is CN1CCN(C(=O)C2CCC(C(=O)Nc3ccc(F)c(F)c3)CC2)CC1. The summed E-state index contributed by atoms with van der Waals surface area (Å²) in [5, 5.41) is 2.65. The van der Waals surface area contributed by atoms with Gasteiger partial charge in [0.2, 0.25) is 11.8 Å². The van der Waals surface area contributed by atoms with E-state index in [0.29, 0.717) is 25.7 Å². The molecule has 0 radical (unpaired) electrons. The molecule has 2 fully saturated rings. The van der Waals surface area contributed by atoms with Crippen molar-refractivity contribution in [1.82, 2.24) is 9.80 Å². The zero-order chi connectivity index (χ0) is 18.7. The fourth-order valence-corrected chi connectivity index (χ4v) is 3.71. The zero-order valence-corrected chi connectivity index (χ0v) is 15.0. The molecule has 0 bridgehead atoms. The van der Waals surface area contributed by atoms with Crippen molar-refractivity contribution in [2.75, 3.05) is 38.5 Å². The molecule has 7 heteroatoms. The molecule has 1 aromatic rings. The molecule has 0 atom stereocenters. The quantitative estimate of drug-likeness (QED) is 0.895. The van der Waals surface area contributed by atoms with Crippen LogP contribution in [0, 0.1) is 23.5 Å². The number of nitrogens with zero attached hydrogens (tertiary/aromatic N) is 2. The number of nitrogens with one attached hydrogen (secondary N) is 1. The van der Waals surface area contributed by atoms with Crippen LogP contribution in [0.5, 0.6) is 0 Å². The van der Waals surface area contributed by atoms with Gasteiger partial charge in [0.15, 0.2) is 11.6 Å². The minimum absolute atomic E-state index is 0.00859. The summed E-state index contributed by atoms with van der Waals surface area (Å²) in [4.78, 5) is 29.1. The van der Waals surface area contributed by atoms with Crippen LogP contribution in [0.3, 0.4) is 0 Å². The van der Waals surface area contributed by atoms with Gasteiger partial charge in [-0.3, -0.25) is 9.59 Å². The molecule has 1 aliphatic carbocycles. The highest BCUT2D eigenvalue weighted by molar-refractivity contribution is 5.92. The number of carbonyl (C=O) groups is 2. The van der Waals surface area contributed by atoms with Gasteiger partial charge in [0.1, 0.15) is 0 Å². The summed E-state index contributed by atoms with van der Waals surface area (Å²) in [6.07, 6.45) is 2.67. The lowest BCUT2D eigenvalue weighted by Crippen LogP contribution is -2.49. The second kappa shape index (κ2) is 8.12. The fourth-order valence-electron chi connectivity index (χ4n) is 3.71. The highest BCUT2D eigenvalue weighted by Gasteiger charge is 2.33. The van der Waals surface area contributed by atoms with Gasteiger partial charge >= 0.3 is 0 Å². The lowest BCUT2D eigenvalue weighted by atomic mass is 9.80. The van der Waals surface area contributed by atoms with E-state index < -0.39 is 11.6 Å². The van der Waals surface area contributed by atoms with Crippen LogP contribution >= 0.6 is 0 Å². The van der Waals surface area contributed by atoms with Gasteiger partial charge in [-0.25, -0.2) is 8.78 Å². The van der Waals surface area contributed by atoms with Crippen LogP contribution < -0.4 is 5.32 Å². The van der Waals surface area contributed by atoms with E-state index in [2.05, 4.69) is 17.3 Å². The van der Waals surface area contributed by atoms with Gasteiger partial charge in [-0.15, -0.1) is 0 Å². The van der Waals surface area contributed by atoms with Gasteiger partial charge in [0.25, 0.3) is 0 Å². The maximum absolute atomic E-state index is 13.2. The Morgan fingerprint density at radius 1 is 0.962 bits per heavy atom. The first kappa shape index (κ1) is 18.8. The zero-order valence-electron chi connectivity index (χ0n) is 15.0. The van der Waals surface area contributed by atoms with Gasteiger partial charge in [0.05, 0.1) is 0 Å². The molecule has 0 aromatic heterocycles. The van der Waals surface area contributed by atoms with Crippen molar-refractivity contribution >= 4 is 17.5 Å². The lowest BCUT2D eigenvalue weighted by Gasteiger charge is -2.36. The maximum atomic E-state index is 13.2. The van der Waals surface area contributed by atoms with Crippen molar-refractivity contribution in [2.24, 2.45) is 11.8 Å². The van der Waals surface area contributed by atoms with E-state index in [1.807, 2.05) is 4.90 Å². The summed E-state index contributed by atoms with van der Waals surface area (Å²) in [5.74, 6) is -2.11. The number of carbonyl (C=O) groups excluding carboxylic acids is 2. The Morgan fingerprint density at radius 3 is 2.19 bits per heavy atom. The van der Waals surface area contributed by atoms with Crippen LogP contribution in [0.2, 0.25) is 0 Å². The van der Waals surface area contributed by atoms with Crippen LogP contribution in [0.25, 0.3) is 0 Å². The van der Waals surface area contributed by atoms with E-state index in [9.17, 15) is 18.4 Å². The molecule has 1 saturated carbocycles. The smallest absolute Gasteiger partial charge is 0.227 e. The third kappa shape index (κ3) is 4.38. The van der Waals surface area contributed by atoms with Crippen molar-refractivity contribution in [1.29, 1.82) is 0 Å². The van der Waals surface area contributed by atoms with Gasteiger partial charge < -0.3 is 15.1 Å². The predicted molar refractivity (Wildman–Crippen MR) is 94.5 cm³/mol. The Hall–Kier alpha value is -2.02. The first-order valence-electron chi connectivity index (χ1n) is 9.17. The van der Waals surface area contributed by atoms with Gasteiger partial charge in [-0.05, 0) is 44.9 Å². The molecular formula is C19H25F2N3O2. The number of hydrogen-bond donors (Lipinski definition) is 1. The molecule has 1 heterocycles. The molecule has 0 unspecified atom stereocenters. The molecule has 1 N–H and O–H groups in total. The Labute approximate surface area is 152 Å². The molecule has 5 nitrogen and oxygen atoms in total. The van der Waals surface area contributed by atoms with Crippen molar-refractivity contribution < 1.29 is 18.4 Å². The molecule has 1 aliphatic heterocycles. The number of hydrogen-bond acceptors (Lipinski definition) is 3. The standard InChI is InChI=1S/C19H25F2N3O2/c1-23-8-10-24(11-9-23)19(26)14-4-2-13(3-5-14)18(25)22-15-6-7-16(20)17(21)12-15/h6-7,12-14H,2-5,8-11H2,1H3,(H,22,25). The molecule has 2 aliphatic rings. The first-order valence-corrected chi connectivity index (χ1v) is 9.17. The number of rotatable bonds is 3. The highest BCUT2D eigenvalue weighted by Crippen LogP contribution is 2.31. The summed E-state index contributed by atoms with van der Waals surface area (Å²) in [5.41, 5.74) is 0.254. The Bertz CT molecular complexity index is 667. The average molecular weight is 365 g/mol. The monoisotopic (exact) mass is 365 g/mol. The van der Waals surface area contributed by atoms with Crippen molar-refractivity contribution in [3.05, 3.63) is 29.8 Å². The van der Waals surface area contributed by atoms with E-state index in [1.54, 1.807) is 0 Å². The summed E-state index contributed by atoms with van der Waals surface area (Å²) in [7, 11) is 2.05.